The highest BCUT2D eigenvalue weighted by Crippen LogP contribution is 2.37. The van der Waals surface area contributed by atoms with Gasteiger partial charge in [0.1, 0.15) is 12.0 Å². The second-order valence-corrected chi connectivity index (χ2v) is 4.69. The van der Waals surface area contributed by atoms with Crippen LogP contribution in [0.2, 0.25) is 0 Å². The third-order valence-corrected chi connectivity index (χ3v) is 3.44. The highest BCUT2D eigenvalue weighted by Gasteiger charge is 2.34. The monoisotopic (exact) mass is 254 g/mol. The molecule has 1 aromatic rings. The largest absolute Gasteiger partial charge is 0.493 e. The zero-order chi connectivity index (χ0) is 9.97. The summed E-state index contributed by atoms with van der Waals surface area (Å²) in [4.78, 5) is 11.0. The molecular weight excluding hydrogens is 244 g/mol. The maximum Gasteiger partial charge on any atom is 0.150 e. The van der Waals surface area contributed by atoms with Gasteiger partial charge in [-0.15, -0.1) is 0 Å². The van der Waals surface area contributed by atoms with Gasteiger partial charge in [-0.2, -0.15) is 0 Å². The van der Waals surface area contributed by atoms with Crippen molar-refractivity contribution in [2.45, 2.75) is 11.2 Å². The van der Waals surface area contributed by atoms with E-state index in [0.717, 1.165) is 18.6 Å². The van der Waals surface area contributed by atoms with E-state index in [1.165, 1.54) is 6.42 Å². The van der Waals surface area contributed by atoms with E-state index >= 15 is 0 Å². The Morgan fingerprint density at radius 1 is 1.43 bits per heavy atom. The van der Waals surface area contributed by atoms with Gasteiger partial charge in [0.25, 0.3) is 0 Å². The number of carbonyl (C=O) groups is 1. The van der Waals surface area contributed by atoms with E-state index in [1.807, 2.05) is 12.1 Å². The van der Waals surface area contributed by atoms with Crippen molar-refractivity contribution in [2.24, 2.45) is 5.92 Å². The van der Waals surface area contributed by atoms with Crippen molar-refractivity contribution in [1.82, 2.24) is 0 Å². The summed E-state index contributed by atoms with van der Waals surface area (Å²) in [6, 6.07) is 7.19. The number of benzene rings is 1. The molecule has 0 bridgehead atoms. The predicted molar refractivity (Wildman–Crippen MR) is 58.1 cm³/mol. The Hall–Kier alpha value is -0.830. The number of carbonyl (C=O) groups excluding carboxylic acids is 1. The van der Waals surface area contributed by atoms with E-state index in [2.05, 4.69) is 15.9 Å². The van der Waals surface area contributed by atoms with Crippen molar-refractivity contribution in [1.29, 1.82) is 0 Å². The Kier molecular flexibility index (Phi) is 2.87. The molecule has 0 heterocycles. The third-order valence-electron chi connectivity index (χ3n) is 2.32. The Labute approximate surface area is 91.4 Å². The summed E-state index contributed by atoms with van der Waals surface area (Å²) in [6.07, 6.45) is 2.03. The molecule has 2 atom stereocenters. The summed E-state index contributed by atoms with van der Waals surface area (Å²) in [6.45, 7) is 0.760. The minimum absolute atomic E-state index is 0.636. The van der Waals surface area contributed by atoms with E-state index in [4.69, 9.17) is 4.74 Å². The normalized spacial score (nSPS) is 24.4. The average molecular weight is 255 g/mol. The zero-order valence-electron chi connectivity index (χ0n) is 7.65. The number of hydrogen-bond donors (Lipinski definition) is 0. The van der Waals surface area contributed by atoms with E-state index in [9.17, 15) is 4.79 Å². The molecule has 74 valence electrons. The van der Waals surface area contributed by atoms with Crippen molar-refractivity contribution in [2.75, 3.05) is 6.61 Å². The number of alkyl halides is 1. The van der Waals surface area contributed by atoms with E-state index in [0.29, 0.717) is 16.3 Å². The predicted octanol–water partition coefficient (Wildman–Crippen LogP) is 2.66. The summed E-state index contributed by atoms with van der Waals surface area (Å²) >= 11 is 3.52. The molecule has 0 spiro atoms. The van der Waals surface area contributed by atoms with Gasteiger partial charge >= 0.3 is 0 Å². The van der Waals surface area contributed by atoms with Crippen molar-refractivity contribution in [3.8, 4) is 5.75 Å². The summed E-state index contributed by atoms with van der Waals surface area (Å²) < 4.78 is 5.55. The molecule has 3 heteroatoms. The second-order valence-electron chi connectivity index (χ2n) is 3.51. The lowest BCUT2D eigenvalue weighted by Gasteiger charge is -2.04. The lowest BCUT2D eigenvalue weighted by molar-refractivity contribution is 0.112. The van der Waals surface area contributed by atoms with Crippen LogP contribution in [0.25, 0.3) is 0 Å². The fourth-order valence-electron chi connectivity index (χ4n) is 1.23. The fourth-order valence-corrected chi connectivity index (χ4v) is 1.86. The maximum atomic E-state index is 10.4. The van der Waals surface area contributed by atoms with Crippen molar-refractivity contribution >= 4 is 22.2 Å². The summed E-state index contributed by atoms with van der Waals surface area (Å²) in [5, 5.41) is 0. The molecule has 1 aromatic carbocycles. The molecule has 2 nitrogen and oxygen atoms in total. The van der Waals surface area contributed by atoms with E-state index < -0.39 is 0 Å². The molecule has 0 amide bonds. The van der Waals surface area contributed by atoms with Gasteiger partial charge in [0.05, 0.1) is 6.61 Å². The first-order chi connectivity index (χ1) is 6.79. The molecule has 1 fully saturated rings. The van der Waals surface area contributed by atoms with Crippen LogP contribution in [0.3, 0.4) is 0 Å². The molecule has 0 saturated heterocycles. The van der Waals surface area contributed by atoms with Gasteiger partial charge in [-0.3, -0.25) is 4.79 Å². The molecule has 2 rings (SSSR count). The fraction of sp³-hybridized carbons (Fsp3) is 0.364. The van der Waals surface area contributed by atoms with Crippen LogP contribution in [0.4, 0.5) is 0 Å². The smallest absolute Gasteiger partial charge is 0.150 e. The molecule has 0 radical (unpaired) electrons. The highest BCUT2D eigenvalue weighted by molar-refractivity contribution is 9.09. The number of halogens is 1. The molecule has 1 aliphatic carbocycles. The van der Waals surface area contributed by atoms with Crippen LogP contribution in [0, 0.1) is 5.92 Å². The average Bonchev–Trinajstić information content (AvgIpc) is 2.92. The molecule has 1 aliphatic rings. The first-order valence-electron chi connectivity index (χ1n) is 4.61. The standard InChI is InChI=1S/C11H11BrO2/c12-11-5-9(11)7-14-10-3-1-8(6-13)2-4-10/h1-4,6,9,11H,5,7H2. The third kappa shape index (κ3) is 2.35. The summed E-state index contributed by atoms with van der Waals surface area (Å²) in [5.41, 5.74) is 0.683. The SMILES string of the molecule is O=Cc1ccc(OCC2CC2Br)cc1. The number of aldehydes is 1. The lowest BCUT2D eigenvalue weighted by atomic mass is 10.2. The van der Waals surface area contributed by atoms with Crippen LogP contribution in [0.15, 0.2) is 24.3 Å². The van der Waals surface area contributed by atoms with Crippen molar-refractivity contribution in [3.63, 3.8) is 0 Å². The number of rotatable bonds is 4. The van der Waals surface area contributed by atoms with Gasteiger partial charge in [0, 0.05) is 16.3 Å². The molecule has 1 saturated carbocycles. The Morgan fingerprint density at radius 3 is 2.57 bits per heavy atom. The van der Waals surface area contributed by atoms with E-state index in [-0.39, 0.29) is 0 Å². The van der Waals surface area contributed by atoms with Gasteiger partial charge in [-0.05, 0) is 30.7 Å². The Balaban J connectivity index is 1.86. The van der Waals surface area contributed by atoms with Crippen molar-refractivity contribution < 1.29 is 9.53 Å². The minimum Gasteiger partial charge on any atom is -0.493 e. The first kappa shape index (κ1) is 9.71. The van der Waals surface area contributed by atoms with Crippen LogP contribution in [0.5, 0.6) is 5.75 Å². The van der Waals surface area contributed by atoms with Gasteiger partial charge < -0.3 is 4.74 Å². The van der Waals surface area contributed by atoms with Crippen LogP contribution in [-0.4, -0.2) is 17.7 Å². The maximum absolute atomic E-state index is 10.4. The summed E-state index contributed by atoms with van der Waals surface area (Å²) in [7, 11) is 0. The highest BCUT2D eigenvalue weighted by atomic mass is 79.9. The molecule has 0 N–H and O–H groups in total. The van der Waals surface area contributed by atoms with Gasteiger partial charge in [-0.25, -0.2) is 0 Å². The molecule has 0 aromatic heterocycles. The Morgan fingerprint density at radius 2 is 2.07 bits per heavy atom. The topological polar surface area (TPSA) is 26.3 Å². The van der Waals surface area contributed by atoms with E-state index in [1.54, 1.807) is 12.1 Å². The lowest BCUT2D eigenvalue weighted by Crippen LogP contribution is -2.00. The van der Waals surface area contributed by atoms with Crippen molar-refractivity contribution in [3.05, 3.63) is 29.8 Å². The van der Waals surface area contributed by atoms with Gasteiger partial charge in [0.2, 0.25) is 0 Å². The van der Waals surface area contributed by atoms with Crippen LogP contribution < -0.4 is 4.74 Å². The number of ether oxygens (including phenoxy) is 1. The van der Waals surface area contributed by atoms with Gasteiger partial charge in [0.15, 0.2) is 0 Å². The molecule has 2 unspecified atom stereocenters. The molecule has 0 aliphatic heterocycles. The minimum atomic E-state index is 0.636. The second kappa shape index (κ2) is 4.13. The Bertz CT molecular complexity index is 321. The van der Waals surface area contributed by atoms with Gasteiger partial charge in [-0.1, -0.05) is 15.9 Å². The first-order valence-corrected chi connectivity index (χ1v) is 5.53. The van der Waals surface area contributed by atoms with Crippen LogP contribution in [-0.2, 0) is 0 Å². The number of hydrogen-bond acceptors (Lipinski definition) is 2. The van der Waals surface area contributed by atoms with Crippen LogP contribution >= 0.6 is 15.9 Å². The zero-order valence-corrected chi connectivity index (χ0v) is 9.24. The molecular formula is C11H11BrO2. The quantitative estimate of drug-likeness (QED) is 0.610. The van der Waals surface area contributed by atoms with Crippen LogP contribution in [0.1, 0.15) is 16.8 Å². The molecule has 14 heavy (non-hydrogen) atoms. The summed E-state index contributed by atoms with van der Waals surface area (Å²) in [5.74, 6) is 1.49.